The number of nitrogen functional groups attached to an aromatic ring is 3. The van der Waals surface area contributed by atoms with Crippen LogP contribution in [0.5, 0.6) is 0 Å². The Morgan fingerprint density at radius 1 is 0.812 bits per heavy atom. The molecule has 2 aromatic rings. The number of nitrogens with two attached hydrogens (primary N) is 3. The van der Waals surface area contributed by atoms with E-state index in [-0.39, 0.29) is 0 Å². The number of anilines is 3. The summed E-state index contributed by atoms with van der Waals surface area (Å²) in [6.45, 7) is 0. The lowest BCUT2D eigenvalue weighted by atomic mass is 10.0. The first-order valence-electron chi connectivity index (χ1n) is 5.13. The van der Waals surface area contributed by atoms with Gasteiger partial charge in [0, 0.05) is 17.1 Å². The zero-order valence-corrected chi connectivity index (χ0v) is 8.98. The molecule has 0 aromatic heterocycles. The van der Waals surface area contributed by atoms with Gasteiger partial charge in [-0.1, -0.05) is 18.2 Å². The highest BCUT2D eigenvalue weighted by Gasteiger charge is 2.01. The molecule has 16 heavy (non-hydrogen) atoms. The maximum absolute atomic E-state index is 5.90. The summed E-state index contributed by atoms with van der Waals surface area (Å²) in [6, 6.07) is 13.4. The molecule has 0 heterocycles. The van der Waals surface area contributed by atoms with Crippen molar-refractivity contribution in [1.29, 1.82) is 0 Å². The molecule has 3 nitrogen and oxygen atoms in total. The Balaban J connectivity index is 2.27. The van der Waals surface area contributed by atoms with Crippen LogP contribution in [0.2, 0.25) is 0 Å². The highest BCUT2D eigenvalue weighted by molar-refractivity contribution is 5.58. The first-order valence-corrected chi connectivity index (χ1v) is 5.13. The minimum absolute atomic E-state index is 0.689. The number of hydrogen-bond acceptors (Lipinski definition) is 3. The second-order valence-electron chi connectivity index (χ2n) is 3.88. The molecule has 2 aromatic carbocycles. The Hall–Kier alpha value is -2.16. The van der Waals surface area contributed by atoms with Crippen molar-refractivity contribution in [2.75, 3.05) is 17.2 Å². The molecule has 0 aliphatic carbocycles. The van der Waals surface area contributed by atoms with Gasteiger partial charge < -0.3 is 17.2 Å². The molecule has 3 heteroatoms. The molecule has 0 unspecified atom stereocenters. The van der Waals surface area contributed by atoms with Crippen LogP contribution < -0.4 is 17.2 Å². The van der Waals surface area contributed by atoms with Crippen molar-refractivity contribution in [3.05, 3.63) is 53.6 Å². The van der Waals surface area contributed by atoms with Gasteiger partial charge in [-0.25, -0.2) is 0 Å². The highest BCUT2D eigenvalue weighted by Crippen LogP contribution is 2.20. The average Bonchev–Trinajstić information content (AvgIpc) is 2.22. The standard InChI is InChI=1S/C13H15N3/c14-11-3-1-2-9(7-11)6-10-4-5-12(15)8-13(10)16/h1-5,7-8H,6,14-16H2. The summed E-state index contributed by atoms with van der Waals surface area (Å²) in [4.78, 5) is 0. The van der Waals surface area contributed by atoms with Crippen LogP contribution >= 0.6 is 0 Å². The van der Waals surface area contributed by atoms with Crippen molar-refractivity contribution < 1.29 is 0 Å². The molecule has 0 saturated carbocycles. The van der Waals surface area contributed by atoms with Crippen LogP contribution in [0, 0.1) is 0 Å². The minimum Gasteiger partial charge on any atom is -0.399 e. The van der Waals surface area contributed by atoms with Crippen LogP contribution in [0.15, 0.2) is 42.5 Å². The summed E-state index contributed by atoms with van der Waals surface area (Å²) < 4.78 is 0. The van der Waals surface area contributed by atoms with E-state index < -0.39 is 0 Å². The Labute approximate surface area is 94.9 Å². The van der Waals surface area contributed by atoms with E-state index in [4.69, 9.17) is 17.2 Å². The van der Waals surface area contributed by atoms with Gasteiger partial charge in [-0.05, 0) is 41.8 Å². The average molecular weight is 213 g/mol. The summed E-state index contributed by atoms with van der Waals surface area (Å²) in [7, 11) is 0. The van der Waals surface area contributed by atoms with E-state index in [1.807, 2.05) is 36.4 Å². The van der Waals surface area contributed by atoms with Gasteiger partial charge in [0.15, 0.2) is 0 Å². The van der Waals surface area contributed by atoms with Crippen LogP contribution in [-0.2, 0) is 6.42 Å². The first kappa shape index (κ1) is 10.4. The molecular formula is C13H15N3. The van der Waals surface area contributed by atoms with Crippen molar-refractivity contribution in [3.8, 4) is 0 Å². The van der Waals surface area contributed by atoms with Crippen molar-refractivity contribution >= 4 is 17.1 Å². The maximum atomic E-state index is 5.90. The van der Waals surface area contributed by atoms with Crippen LogP contribution in [0.3, 0.4) is 0 Å². The Morgan fingerprint density at radius 3 is 2.25 bits per heavy atom. The van der Waals surface area contributed by atoms with Crippen molar-refractivity contribution in [2.45, 2.75) is 6.42 Å². The molecule has 6 N–H and O–H groups in total. The first-order chi connectivity index (χ1) is 7.65. The number of hydrogen-bond donors (Lipinski definition) is 3. The quantitative estimate of drug-likeness (QED) is 0.668. The van der Waals surface area contributed by atoms with Crippen LogP contribution in [0.1, 0.15) is 11.1 Å². The molecule has 0 spiro atoms. The van der Waals surface area contributed by atoms with E-state index in [0.717, 1.165) is 28.9 Å². The van der Waals surface area contributed by atoms with Gasteiger partial charge in [0.25, 0.3) is 0 Å². The van der Waals surface area contributed by atoms with Crippen LogP contribution in [0.4, 0.5) is 17.1 Å². The second-order valence-corrected chi connectivity index (χ2v) is 3.88. The van der Waals surface area contributed by atoms with E-state index in [0.29, 0.717) is 5.69 Å². The molecule has 0 radical (unpaired) electrons. The fraction of sp³-hybridized carbons (Fsp3) is 0.0769. The lowest BCUT2D eigenvalue weighted by molar-refractivity contribution is 1.20. The topological polar surface area (TPSA) is 78.1 Å². The predicted molar refractivity (Wildman–Crippen MR) is 68.9 cm³/mol. The number of rotatable bonds is 2. The van der Waals surface area contributed by atoms with E-state index in [1.165, 1.54) is 0 Å². The monoisotopic (exact) mass is 213 g/mol. The van der Waals surface area contributed by atoms with E-state index in [1.54, 1.807) is 6.07 Å². The largest absolute Gasteiger partial charge is 0.399 e. The molecular weight excluding hydrogens is 198 g/mol. The third-order valence-corrected chi connectivity index (χ3v) is 2.52. The predicted octanol–water partition coefficient (Wildman–Crippen LogP) is 2.02. The molecule has 0 saturated heterocycles. The van der Waals surface area contributed by atoms with Crippen LogP contribution in [-0.4, -0.2) is 0 Å². The summed E-state index contributed by atoms with van der Waals surface area (Å²) in [5.74, 6) is 0. The normalized spacial score (nSPS) is 10.2. The molecule has 2 rings (SSSR count). The fourth-order valence-corrected chi connectivity index (χ4v) is 1.70. The van der Waals surface area contributed by atoms with Gasteiger partial charge in [-0.3, -0.25) is 0 Å². The molecule has 0 amide bonds. The Kier molecular flexibility index (Phi) is 2.68. The van der Waals surface area contributed by atoms with Gasteiger partial charge >= 0.3 is 0 Å². The number of benzene rings is 2. The zero-order valence-electron chi connectivity index (χ0n) is 8.98. The maximum Gasteiger partial charge on any atom is 0.0370 e. The SMILES string of the molecule is Nc1cccc(Cc2ccc(N)cc2N)c1. The molecule has 82 valence electrons. The Bertz CT molecular complexity index is 506. The summed E-state index contributed by atoms with van der Waals surface area (Å²) in [5, 5.41) is 0. The van der Waals surface area contributed by atoms with E-state index >= 15 is 0 Å². The molecule has 0 aliphatic heterocycles. The third-order valence-electron chi connectivity index (χ3n) is 2.52. The fourth-order valence-electron chi connectivity index (χ4n) is 1.70. The van der Waals surface area contributed by atoms with Crippen molar-refractivity contribution in [2.24, 2.45) is 0 Å². The van der Waals surface area contributed by atoms with Gasteiger partial charge in [-0.15, -0.1) is 0 Å². The lowest BCUT2D eigenvalue weighted by Gasteiger charge is -2.07. The summed E-state index contributed by atoms with van der Waals surface area (Å²) in [5.41, 5.74) is 21.7. The van der Waals surface area contributed by atoms with Gasteiger partial charge in [0.1, 0.15) is 0 Å². The van der Waals surface area contributed by atoms with E-state index in [9.17, 15) is 0 Å². The van der Waals surface area contributed by atoms with Gasteiger partial charge in [-0.2, -0.15) is 0 Å². The zero-order chi connectivity index (χ0) is 11.5. The third kappa shape index (κ3) is 2.25. The minimum atomic E-state index is 0.689. The molecule has 0 bridgehead atoms. The van der Waals surface area contributed by atoms with Crippen LogP contribution in [0.25, 0.3) is 0 Å². The highest BCUT2D eigenvalue weighted by atomic mass is 14.6. The molecule has 0 aliphatic rings. The summed E-state index contributed by atoms with van der Waals surface area (Å²) >= 11 is 0. The second kappa shape index (κ2) is 4.14. The van der Waals surface area contributed by atoms with Gasteiger partial charge in [0.05, 0.1) is 0 Å². The molecule has 0 atom stereocenters. The van der Waals surface area contributed by atoms with Crippen molar-refractivity contribution in [3.63, 3.8) is 0 Å². The molecule has 0 fully saturated rings. The van der Waals surface area contributed by atoms with Crippen molar-refractivity contribution in [1.82, 2.24) is 0 Å². The lowest BCUT2D eigenvalue weighted by Crippen LogP contribution is -1.98. The smallest absolute Gasteiger partial charge is 0.0370 e. The van der Waals surface area contributed by atoms with E-state index in [2.05, 4.69) is 0 Å². The summed E-state index contributed by atoms with van der Waals surface area (Å²) in [6.07, 6.45) is 0.775. The Morgan fingerprint density at radius 2 is 1.56 bits per heavy atom. The van der Waals surface area contributed by atoms with Gasteiger partial charge in [0.2, 0.25) is 0 Å².